The molecule has 0 bridgehead atoms. The summed E-state index contributed by atoms with van der Waals surface area (Å²) >= 11 is 1.69. The van der Waals surface area contributed by atoms with Gasteiger partial charge in [-0.25, -0.2) is 0 Å². The van der Waals surface area contributed by atoms with E-state index in [1.807, 2.05) is 0 Å². The Morgan fingerprint density at radius 1 is 0.893 bits per heavy atom. The van der Waals surface area contributed by atoms with E-state index in [0.29, 0.717) is 0 Å². The van der Waals surface area contributed by atoms with Gasteiger partial charge in [-0.1, -0.05) is 53.1 Å². The zero-order valence-electron chi connectivity index (χ0n) is 16.4. The number of halogens is 2. The van der Waals surface area contributed by atoms with Crippen molar-refractivity contribution in [3.8, 4) is 11.1 Å². The number of hydrogen-bond acceptors (Lipinski definition) is 0. The minimum absolute atomic E-state index is 0. The molecule has 0 nitrogen and oxygen atoms in total. The molecule has 0 N–H and O–H groups in total. The summed E-state index contributed by atoms with van der Waals surface area (Å²) in [7, 11) is 0. The van der Waals surface area contributed by atoms with Crippen molar-refractivity contribution >= 4 is 33.6 Å². The molecule has 3 heteroatoms. The van der Waals surface area contributed by atoms with Gasteiger partial charge in [0.25, 0.3) is 0 Å². The van der Waals surface area contributed by atoms with Crippen LogP contribution in [0.2, 0.25) is 0 Å². The number of allylic oxidation sites excluding steroid dienone is 4. The van der Waals surface area contributed by atoms with Crippen LogP contribution in [0, 0.1) is 6.07 Å². The van der Waals surface area contributed by atoms with Crippen molar-refractivity contribution in [3.63, 3.8) is 0 Å². The topological polar surface area (TPSA) is 0 Å². The molecule has 3 aliphatic rings. The molecule has 1 fully saturated rings. The van der Waals surface area contributed by atoms with Crippen molar-refractivity contribution < 1.29 is 24.2 Å². The number of fused-ring (bicyclic) bond motifs is 3. The monoisotopic (exact) mass is 487 g/mol. The SMILES string of the molecule is CC1=C(c2[c-]c3c(cc2)-c2ccccc2C3)CC=C1.Cl.Cl.[Zr]=[C]1CCCCC1. The molecule has 1 saturated carbocycles. The molecule has 0 spiro atoms. The third-order valence-corrected chi connectivity index (χ3v) is 6.88. The summed E-state index contributed by atoms with van der Waals surface area (Å²) < 4.78 is 1.80. The molecule has 0 amide bonds. The van der Waals surface area contributed by atoms with Crippen molar-refractivity contribution in [1.29, 1.82) is 0 Å². The zero-order valence-corrected chi connectivity index (χ0v) is 20.5. The van der Waals surface area contributed by atoms with Crippen LogP contribution in [0.25, 0.3) is 16.7 Å². The Balaban J connectivity index is 0.000000269. The fourth-order valence-electron chi connectivity index (χ4n) is 4.15. The molecule has 2 aromatic carbocycles. The number of hydrogen-bond donors (Lipinski definition) is 0. The van der Waals surface area contributed by atoms with Gasteiger partial charge in [0.15, 0.2) is 0 Å². The Labute approximate surface area is 196 Å². The van der Waals surface area contributed by atoms with E-state index < -0.39 is 0 Å². The van der Waals surface area contributed by atoms with Crippen LogP contribution in [0.15, 0.2) is 54.1 Å². The molecule has 2 aromatic rings. The van der Waals surface area contributed by atoms with Gasteiger partial charge >= 0.3 is 59.5 Å². The minimum atomic E-state index is 0. The van der Waals surface area contributed by atoms with Crippen LogP contribution >= 0.6 is 24.8 Å². The van der Waals surface area contributed by atoms with Gasteiger partial charge in [0.05, 0.1) is 0 Å². The molecular weight excluding hydrogens is 462 g/mol. The van der Waals surface area contributed by atoms with E-state index in [1.165, 1.54) is 71.1 Å². The predicted molar refractivity (Wildman–Crippen MR) is 122 cm³/mol. The summed E-state index contributed by atoms with van der Waals surface area (Å²) in [6.45, 7) is 2.19. The maximum atomic E-state index is 3.65. The summed E-state index contributed by atoms with van der Waals surface area (Å²) in [5.41, 5.74) is 9.62. The first-order valence-corrected chi connectivity index (χ1v) is 11.0. The molecule has 0 aliphatic heterocycles. The maximum absolute atomic E-state index is 3.65. The van der Waals surface area contributed by atoms with Gasteiger partial charge in [0.2, 0.25) is 0 Å². The second kappa shape index (κ2) is 10.9. The Morgan fingerprint density at radius 3 is 2.29 bits per heavy atom. The zero-order chi connectivity index (χ0) is 17.9. The van der Waals surface area contributed by atoms with Gasteiger partial charge in [-0.3, -0.25) is 0 Å². The predicted octanol–water partition coefficient (Wildman–Crippen LogP) is 7.30. The van der Waals surface area contributed by atoms with E-state index in [2.05, 4.69) is 61.5 Å². The standard InChI is InChI=1S/C19H15.C6H10.2ClH.Zr/c1-13-5-4-8-17(13)15-9-10-19-16(12-15)11-14-6-2-3-7-18(14)19;1-2-4-6-5-3-1;;;/h2-7,9-10H,8,11H2,1H3;1-5H2;2*1H;/q-1;;;;. The van der Waals surface area contributed by atoms with Gasteiger partial charge in [0, 0.05) is 0 Å². The summed E-state index contributed by atoms with van der Waals surface area (Å²) in [5.74, 6) is 0. The second-order valence-electron chi connectivity index (χ2n) is 7.53. The first-order valence-electron chi connectivity index (χ1n) is 9.79. The van der Waals surface area contributed by atoms with Gasteiger partial charge in [-0.2, -0.15) is 0 Å². The van der Waals surface area contributed by atoms with Crippen molar-refractivity contribution in [2.75, 3.05) is 0 Å². The Kier molecular flexibility index (Phi) is 9.13. The molecule has 28 heavy (non-hydrogen) atoms. The first kappa shape index (κ1) is 23.5. The second-order valence-corrected chi connectivity index (χ2v) is 9.27. The summed E-state index contributed by atoms with van der Waals surface area (Å²) in [4.78, 5) is 0. The van der Waals surface area contributed by atoms with Crippen LogP contribution in [0.4, 0.5) is 0 Å². The Bertz CT molecular complexity index is 901. The van der Waals surface area contributed by atoms with E-state index in [-0.39, 0.29) is 24.8 Å². The van der Waals surface area contributed by atoms with Gasteiger partial charge in [0.1, 0.15) is 0 Å². The summed E-state index contributed by atoms with van der Waals surface area (Å²) in [6.07, 6.45) is 13.8. The molecule has 0 atom stereocenters. The average Bonchev–Trinajstić information content (AvgIpc) is 3.25. The fourth-order valence-corrected chi connectivity index (χ4v) is 5.02. The molecule has 146 valence electrons. The quantitative estimate of drug-likeness (QED) is 0.315. The van der Waals surface area contributed by atoms with E-state index in [1.54, 1.807) is 27.4 Å². The summed E-state index contributed by atoms with van der Waals surface area (Å²) in [6, 6.07) is 16.8. The molecule has 0 heterocycles. The van der Waals surface area contributed by atoms with Crippen molar-refractivity contribution in [2.24, 2.45) is 0 Å². The van der Waals surface area contributed by atoms with E-state index in [0.717, 1.165) is 12.8 Å². The van der Waals surface area contributed by atoms with Crippen LogP contribution < -0.4 is 0 Å². The van der Waals surface area contributed by atoms with E-state index >= 15 is 0 Å². The Hall–Kier alpha value is -0.747. The average molecular weight is 490 g/mol. The molecule has 5 rings (SSSR count). The van der Waals surface area contributed by atoms with Crippen LogP contribution in [0.3, 0.4) is 0 Å². The number of rotatable bonds is 1. The van der Waals surface area contributed by atoms with Crippen LogP contribution in [-0.4, -0.2) is 3.21 Å². The Morgan fingerprint density at radius 2 is 1.64 bits per heavy atom. The normalized spacial score (nSPS) is 16.4. The first-order chi connectivity index (χ1) is 12.7. The van der Waals surface area contributed by atoms with Gasteiger partial charge in [-0.05, 0) is 25.3 Å². The van der Waals surface area contributed by atoms with Crippen molar-refractivity contribution in [1.82, 2.24) is 0 Å². The molecule has 0 unspecified atom stereocenters. The van der Waals surface area contributed by atoms with Crippen LogP contribution in [0.5, 0.6) is 0 Å². The molecule has 0 aromatic heterocycles. The van der Waals surface area contributed by atoms with E-state index in [4.69, 9.17) is 0 Å². The third kappa shape index (κ3) is 5.24. The number of benzene rings is 2. The van der Waals surface area contributed by atoms with Crippen LogP contribution in [-0.2, 0) is 30.7 Å². The van der Waals surface area contributed by atoms with Crippen molar-refractivity contribution in [2.45, 2.75) is 51.9 Å². The van der Waals surface area contributed by atoms with Gasteiger partial charge in [-0.15, -0.1) is 59.7 Å². The summed E-state index contributed by atoms with van der Waals surface area (Å²) in [5, 5.41) is 0. The van der Waals surface area contributed by atoms with E-state index in [9.17, 15) is 0 Å². The van der Waals surface area contributed by atoms with Crippen molar-refractivity contribution in [3.05, 3.63) is 76.9 Å². The molecule has 0 radical (unpaired) electrons. The molecule has 3 aliphatic carbocycles. The van der Waals surface area contributed by atoms with Gasteiger partial charge < -0.3 is 0 Å². The molecule has 0 saturated heterocycles. The fraction of sp³-hybridized carbons (Fsp3) is 0.320. The molecular formula is C25H27Cl2Zr-. The van der Waals surface area contributed by atoms with Crippen LogP contribution in [0.1, 0.15) is 62.1 Å². The third-order valence-electron chi connectivity index (χ3n) is 5.65.